The predicted octanol–water partition coefficient (Wildman–Crippen LogP) is 3.23. The van der Waals surface area contributed by atoms with Crippen LogP contribution in [-0.4, -0.2) is 38.5 Å². The van der Waals surface area contributed by atoms with Crippen LogP contribution >= 0.6 is 0 Å². The van der Waals surface area contributed by atoms with Crippen molar-refractivity contribution < 1.29 is 4.79 Å². The van der Waals surface area contributed by atoms with Gasteiger partial charge in [0, 0.05) is 37.9 Å². The van der Waals surface area contributed by atoms with Gasteiger partial charge in [-0.3, -0.25) is 18.8 Å². The second kappa shape index (κ2) is 12.0. The van der Waals surface area contributed by atoms with Crippen LogP contribution in [0.3, 0.4) is 0 Å². The van der Waals surface area contributed by atoms with E-state index >= 15 is 0 Å². The molecule has 39 heavy (non-hydrogen) atoms. The molecule has 3 aromatic rings. The van der Waals surface area contributed by atoms with Crippen LogP contribution in [0.4, 0.5) is 5.82 Å². The third kappa shape index (κ3) is 6.37. The highest BCUT2D eigenvalue weighted by Crippen LogP contribution is 2.23. The molecule has 0 saturated carbocycles. The molecule has 5 rings (SSSR count). The van der Waals surface area contributed by atoms with Gasteiger partial charge in [0.1, 0.15) is 6.54 Å². The summed E-state index contributed by atoms with van der Waals surface area (Å²) >= 11 is 0. The average Bonchev–Trinajstić information content (AvgIpc) is 3.39. The number of nitrogens with one attached hydrogen (secondary N) is 2. The van der Waals surface area contributed by atoms with Gasteiger partial charge < -0.3 is 10.6 Å². The third-order valence-electron chi connectivity index (χ3n) is 7.31. The maximum absolute atomic E-state index is 13.5. The lowest BCUT2D eigenvalue weighted by molar-refractivity contribution is -0.121. The number of anilines is 1. The van der Waals surface area contributed by atoms with Crippen LogP contribution in [0.1, 0.15) is 36.0 Å². The van der Waals surface area contributed by atoms with Crippen molar-refractivity contribution in [1.82, 2.24) is 24.6 Å². The minimum absolute atomic E-state index is 0.0799. The van der Waals surface area contributed by atoms with Crippen molar-refractivity contribution in [2.24, 2.45) is 7.05 Å². The number of fused-ring (bicyclic) bond motifs is 1. The molecular weight excluding hydrogens is 489 g/mol. The van der Waals surface area contributed by atoms with Crippen LogP contribution in [0.5, 0.6) is 0 Å². The first-order chi connectivity index (χ1) is 19.0. The molecule has 0 spiro atoms. The smallest absolute Gasteiger partial charge is 0.294 e. The maximum atomic E-state index is 13.5. The summed E-state index contributed by atoms with van der Waals surface area (Å²) < 4.78 is 3.10. The second-order valence-electron chi connectivity index (χ2n) is 10.2. The van der Waals surface area contributed by atoms with Crippen molar-refractivity contribution in [2.45, 2.75) is 51.4 Å². The molecule has 0 saturated heterocycles. The molecule has 1 aromatic carbocycles. The number of benzene rings is 1. The Hall–Kier alpha value is -4.39. The number of hydrogen-bond acceptors (Lipinski definition) is 6. The third-order valence-corrected chi connectivity index (χ3v) is 7.31. The van der Waals surface area contributed by atoms with E-state index in [2.05, 4.69) is 57.0 Å². The van der Waals surface area contributed by atoms with E-state index in [0.29, 0.717) is 24.3 Å². The number of nitrogens with zero attached hydrogens (tertiary/aromatic N) is 5. The Labute approximate surface area is 228 Å². The molecular formula is C29H32BN7O2. The van der Waals surface area contributed by atoms with E-state index in [9.17, 15) is 14.9 Å². The zero-order chi connectivity index (χ0) is 27.2. The number of rotatable bonds is 9. The highest BCUT2D eigenvalue weighted by atomic mass is 16.2. The molecule has 2 N–H and O–H groups in total. The Balaban J connectivity index is 1.29. The summed E-state index contributed by atoms with van der Waals surface area (Å²) in [7, 11) is 1.80. The molecule has 2 aliphatic rings. The van der Waals surface area contributed by atoms with Gasteiger partial charge in [-0.1, -0.05) is 53.9 Å². The number of amides is 1. The van der Waals surface area contributed by atoms with Crippen LogP contribution in [0, 0.1) is 11.2 Å². The number of carbonyl (C=O) groups excluding carboxylic acids is 1. The van der Waals surface area contributed by atoms with Crippen LogP contribution in [-0.2, 0) is 37.7 Å². The Bertz CT molecular complexity index is 1530. The topological polar surface area (TPSA) is 118 Å². The van der Waals surface area contributed by atoms with Gasteiger partial charge >= 0.3 is 0 Å². The van der Waals surface area contributed by atoms with Gasteiger partial charge in [-0.05, 0) is 43.1 Å². The first kappa shape index (κ1) is 26.2. The van der Waals surface area contributed by atoms with Crippen LogP contribution < -0.4 is 16.2 Å². The molecule has 1 aliphatic carbocycles. The summed E-state index contributed by atoms with van der Waals surface area (Å²) in [6.07, 6.45) is 17.0. The van der Waals surface area contributed by atoms with E-state index in [1.165, 1.54) is 21.3 Å². The molecule has 0 bridgehead atoms. The Morgan fingerprint density at radius 2 is 2.13 bits per heavy atom. The normalized spacial score (nSPS) is 14.4. The Morgan fingerprint density at radius 3 is 2.90 bits per heavy atom. The van der Waals surface area contributed by atoms with E-state index in [1.54, 1.807) is 30.3 Å². The zero-order valence-corrected chi connectivity index (χ0v) is 22.2. The van der Waals surface area contributed by atoms with Crippen molar-refractivity contribution in [3.63, 3.8) is 0 Å². The van der Waals surface area contributed by atoms with Crippen LogP contribution in [0.2, 0.25) is 6.32 Å². The molecule has 3 heterocycles. The molecule has 10 heteroatoms. The summed E-state index contributed by atoms with van der Waals surface area (Å²) in [4.78, 5) is 30.9. The molecule has 0 unspecified atom stereocenters. The lowest BCUT2D eigenvalue weighted by Gasteiger charge is -2.19. The minimum Gasteiger partial charge on any atom is -0.365 e. The Morgan fingerprint density at radius 1 is 1.23 bits per heavy atom. The molecule has 2 aromatic heterocycles. The van der Waals surface area contributed by atoms with E-state index in [-0.39, 0.29) is 30.5 Å². The summed E-state index contributed by atoms with van der Waals surface area (Å²) in [5, 5.41) is 19.6. The SMILES string of the molecule is Cn1cc(-c2cnc(NCCC3=CCCC=C3)c(=O)n2CC(=O)NCc2ccc3c(c2)CCB(C#N)C3)cn1. The summed E-state index contributed by atoms with van der Waals surface area (Å²) in [6, 6.07) is 6.17. The molecule has 198 valence electrons. The number of aryl methyl sites for hydroxylation is 2. The van der Waals surface area contributed by atoms with Crippen molar-refractivity contribution in [3.05, 3.63) is 87.6 Å². The van der Waals surface area contributed by atoms with E-state index in [0.717, 1.165) is 43.9 Å². The van der Waals surface area contributed by atoms with Gasteiger partial charge in [0.05, 0.1) is 18.1 Å². The first-order valence-electron chi connectivity index (χ1n) is 13.5. The molecule has 9 nitrogen and oxygen atoms in total. The van der Waals surface area contributed by atoms with Crippen LogP contribution in [0.15, 0.2) is 65.4 Å². The predicted molar refractivity (Wildman–Crippen MR) is 152 cm³/mol. The van der Waals surface area contributed by atoms with Gasteiger partial charge in [-0.25, -0.2) is 10.2 Å². The first-order valence-corrected chi connectivity index (χ1v) is 13.5. The second-order valence-corrected chi connectivity index (χ2v) is 10.2. The minimum atomic E-state index is -0.347. The number of aromatic nitrogens is 4. The highest BCUT2D eigenvalue weighted by molar-refractivity contribution is 6.66. The van der Waals surface area contributed by atoms with Gasteiger partial charge in [-0.2, -0.15) is 5.10 Å². The van der Waals surface area contributed by atoms with Gasteiger partial charge in [-0.15, -0.1) is 0 Å². The zero-order valence-electron chi connectivity index (χ0n) is 22.2. The van der Waals surface area contributed by atoms with Crippen molar-refractivity contribution in [3.8, 4) is 17.2 Å². The van der Waals surface area contributed by atoms with Crippen LogP contribution in [0.25, 0.3) is 11.3 Å². The number of hydrogen-bond donors (Lipinski definition) is 2. The van der Waals surface area contributed by atoms with Gasteiger partial charge in [0.2, 0.25) is 5.91 Å². The van der Waals surface area contributed by atoms with Crippen molar-refractivity contribution >= 4 is 18.4 Å². The molecule has 1 aliphatic heterocycles. The largest absolute Gasteiger partial charge is 0.365 e. The number of carbonyl (C=O) groups is 1. The Kier molecular flexibility index (Phi) is 8.06. The fraction of sp³-hybridized carbons (Fsp3) is 0.345. The van der Waals surface area contributed by atoms with Gasteiger partial charge in [0.15, 0.2) is 5.82 Å². The van der Waals surface area contributed by atoms with E-state index in [4.69, 9.17) is 0 Å². The fourth-order valence-electron chi connectivity index (χ4n) is 5.16. The summed E-state index contributed by atoms with van der Waals surface area (Å²) in [5.74, 6) is 2.33. The van der Waals surface area contributed by atoms with Gasteiger partial charge in [0.25, 0.3) is 12.3 Å². The van der Waals surface area contributed by atoms with Crippen molar-refractivity contribution in [1.29, 1.82) is 5.26 Å². The fourth-order valence-corrected chi connectivity index (χ4v) is 5.16. The summed E-state index contributed by atoms with van der Waals surface area (Å²) in [5.41, 5.74) is 5.60. The van der Waals surface area contributed by atoms with E-state index < -0.39 is 0 Å². The average molecular weight is 521 g/mol. The number of allylic oxidation sites excluding steroid dienone is 3. The molecule has 1 amide bonds. The lowest BCUT2D eigenvalue weighted by Crippen LogP contribution is -2.34. The monoisotopic (exact) mass is 521 g/mol. The molecule has 0 fully saturated rings. The standard InChI is InChI=1S/C29H32BN7O2/c1-36-18-25(16-35-36)26-17-34-28(32-12-10-21-5-3-2-4-6-21)29(39)37(26)19-27(38)33-15-22-7-8-24-14-30(20-31)11-9-23(24)13-22/h3,5-8,13,16-18H,2,4,9-12,14-15,19H2,1H3,(H,32,34)(H,33,38). The number of nitriles is 1. The van der Waals surface area contributed by atoms with E-state index in [1.807, 2.05) is 6.07 Å². The quantitative estimate of drug-likeness (QED) is 0.418. The van der Waals surface area contributed by atoms with Crippen molar-refractivity contribution in [2.75, 3.05) is 11.9 Å². The summed E-state index contributed by atoms with van der Waals surface area (Å²) in [6.45, 7) is 0.882. The molecule has 0 radical (unpaired) electrons. The highest BCUT2D eigenvalue weighted by Gasteiger charge is 2.22. The lowest BCUT2D eigenvalue weighted by atomic mass is 9.42. The molecule has 0 atom stereocenters. The maximum Gasteiger partial charge on any atom is 0.294 e.